The van der Waals surface area contributed by atoms with Crippen molar-refractivity contribution in [3.05, 3.63) is 36.0 Å². The minimum absolute atomic E-state index is 0.162. The van der Waals surface area contributed by atoms with E-state index in [1.54, 1.807) is 0 Å². The number of nitrogens with one attached hydrogen (secondary N) is 1. The maximum Gasteiger partial charge on any atom is 0.145 e. The number of fused-ring (bicyclic) bond motifs is 1. The zero-order valence-electron chi connectivity index (χ0n) is 12.8. The zero-order chi connectivity index (χ0) is 15.1. The Morgan fingerprint density at radius 2 is 2.14 bits per heavy atom. The molecule has 1 heterocycles. The van der Waals surface area contributed by atoms with Crippen molar-refractivity contribution in [3.8, 4) is 5.75 Å². The van der Waals surface area contributed by atoms with Gasteiger partial charge in [-0.15, -0.1) is 0 Å². The summed E-state index contributed by atoms with van der Waals surface area (Å²) in [5.41, 5.74) is 1.88. The highest BCUT2D eigenvalue weighted by molar-refractivity contribution is 5.84. The fourth-order valence-corrected chi connectivity index (χ4v) is 2.27. The van der Waals surface area contributed by atoms with Crippen molar-refractivity contribution in [1.82, 2.24) is 10.3 Å². The first-order valence-corrected chi connectivity index (χ1v) is 7.58. The average Bonchev–Trinajstić information content (AvgIpc) is 2.50. The number of para-hydroxylation sites is 1. The summed E-state index contributed by atoms with van der Waals surface area (Å²) in [5, 5.41) is 13.6. The van der Waals surface area contributed by atoms with Gasteiger partial charge in [0.2, 0.25) is 0 Å². The molecule has 1 unspecified atom stereocenters. The van der Waals surface area contributed by atoms with Gasteiger partial charge in [-0.1, -0.05) is 25.1 Å². The number of hydrogen-bond acceptors (Lipinski definition) is 4. The van der Waals surface area contributed by atoms with E-state index in [0.29, 0.717) is 13.0 Å². The predicted octanol–water partition coefficient (Wildman–Crippen LogP) is 2.67. The van der Waals surface area contributed by atoms with Crippen LogP contribution < -0.4 is 10.1 Å². The summed E-state index contributed by atoms with van der Waals surface area (Å²) in [6, 6.07) is 10.2. The molecule has 0 saturated carbocycles. The van der Waals surface area contributed by atoms with Crippen LogP contribution in [0.2, 0.25) is 0 Å². The third kappa shape index (κ3) is 4.41. The minimum Gasteiger partial charge on any atom is -0.490 e. The molecule has 114 valence electrons. The molecule has 4 heteroatoms. The molecule has 21 heavy (non-hydrogen) atoms. The van der Waals surface area contributed by atoms with Gasteiger partial charge in [0.05, 0.1) is 0 Å². The van der Waals surface area contributed by atoms with Crippen LogP contribution in [-0.4, -0.2) is 35.9 Å². The van der Waals surface area contributed by atoms with Crippen LogP contribution in [0.5, 0.6) is 5.75 Å². The number of ether oxygens (including phenoxy) is 1. The molecule has 0 aliphatic carbocycles. The van der Waals surface area contributed by atoms with Crippen molar-refractivity contribution in [3.63, 3.8) is 0 Å². The van der Waals surface area contributed by atoms with Crippen LogP contribution in [0, 0.1) is 6.92 Å². The SMILES string of the molecule is CCCNC(CCO)COc1cccc2ccc(C)nc12. The number of rotatable bonds is 8. The summed E-state index contributed by atoms with van der Waals surface area (Å²) >= 11 is 0. The van der Waals surface area contributed by atoms with E-state index < -0.39 is 0 Å². The van der Waals surface area contributed by atoms with Gasteiger partial charge in [-0.05, 0) is 38.4 Å². The van der Waals surface area contributed by atoms with Crippen molar-refractivity contribution in [2.24, 2.45) is 0 Å². The molecule has 0 amide bonds. The molecule has 1 atom stereocenters. The lowest BCUT2D eigenvalue weighted by Gasteiger charge is -2.18. The first kappa shape index (κ1) is 15.7. The normalized spacial score (nSPS) is 12.5. The van der Waals surface area contributed by atoms with Gasteiger partial charge in [-0.25, -0.2) is 4.98 Å². The molecule has 0 spiro atoms. The van der Waals surface area contributed by atoms with E-state index in [2.05, 4.69) is 23.3 Å². The number of aryl methyl sites for hydroxylation is 1. The zero-order valence-corrected chi connectivity index (χ0v) is 12.8. The molecule has 0 aliphatic rings. The van der Waals surface area contributed by atoms with Gasteiger partial charge >= 0.3 is 0 Å². The Bertz CT molecular complexity index is 572. The van der Waals surface area contributed by atoms with Crippen LogP contribution in [0.3, 0.4) is 0 Å². The Kier molecular flexibility index (Phi) is 5.96. The lowest BCUT2D eigenvalue weighted by molar-refractivity contribution is 0.215. The van der Waals surface area contributed by atoms with Crippen molar-refractivity contribution in [1.29, 1.82) is 0 Å². The van der Waals surface area contributed by atoms with E-state index in [-0.39, 0.29) is 12.6 Å². The highest BCUT2D eigenvalue weighted by Gasteiger charge is 2.10. The van der Waals surface area contributed by atoms with Gasteiger partial charge in [0, 0.05) is 23.7 Å². The summed E-state index contributed by atoms with van der Waals surface area (Å²) in [5.74, 6) is 0.803. The number of aliphatic hydroxyl groups is 1. The topological polar surface area (TPSA) is 54.4 Å². The quantitative estimate of drug-likeness (QED) is 0.784. The Morgan fingerprint density at radius 1 is 1.29 bits per heavy atom. The fourth-order valence-electron chi connectivity index (χ4n) is 2.27. The number of aliphatic hydroxyl groups excluding tert-OH is 1. The largest absolute Gasteiger partial charge is 0.490 e. The fraction of sp³-hybridized carbons (Fsp3) is 0.471. The summed E-state index contributed by atoms with van der Waals surface area (Å²) < 4.78 is 5.95. The van der Waals surface area contributed by atoms with Crippen LogP contribution in [-0.2, 0) is 0 Å². The first-order valence-electron chi connectivity index (χ1n) is 7.58. The van der Waals surface area contributed by atoms with E-state index >= 15 is 0 Å². The molecule has 2 aromatic rings. The highest BCUT2D eigenvalue weighted by Crippen LogP contribution is 2.24. The highest BCUT2D eigenvalue weighted by atomic mass is 16.5. The second-order valence-electron chi connectivity index (χ2n) is 5.25. The van der Waals surface area contributed by atoms with E-state index in [0.717, 1.165) is 35.3 Å². The van der Waals surface area contributed by atoms with Crippen LogP contribution in [0.15, 0.2) is 30.3 Å². The number of aromatic nitrogens is 1. The van der Waals surface area contributed by atoms with Crippen molar-refractivity contribution in [2.45, 2.75) is 32.7 Å². The molecule has 0 bridgehead atoms. The monoisotopic (exact) mass is 288 g/mol. The van der Waals surface area contributed by atoms with Crippen LogP contribution in [0.25, 0.3) is 10.9 Å². The van der Waals surface area contributed by atoms with Gasteiger partial charge < -0.3 is 15.2 Å². The van der Waals surface area contributed by atoms with Gasteiger partial charge in [0.1, 0.15) is 17.9 Å². The van der Waals surface area contributed by atoms with E-state index in [1.165, 1.54) is 0 Å². The molecule has 1 aromatic heterocycles. The Morgan fingerprint density at radius 3 is 2.90 bits per heavy atom. The Hall–Kier alpha value is -1.65. The Balaban J connectivity index is 2.09. The predicted molar refractivity (Wildman–Crippen MR) is 85.8 cm³/mol. The molecule has 0 saturated heterocycles. The summed E-state index contributed by atoms with van der Waals surface area (Å²) in [6.07, 6.45) is 1.76. The van der Waals surface area contributed by atoms with Crippen molar-refractivity contribution >= 4 is 10.9 Å². The van der Waals surface area contributed by atoms with Crippen LogP contribution >= 0.6 is 0 Å². The summed E-state index contributed by atoms with van der Waals surface area (Å²) in [4.78, 5) is 4.57. The van der Waals surface area contributed by atoms with Crippen molar-refractivity contribution < 1.29 is 9.84 Å². The maximum absolute atomic E-state index is 9.13. The molecular formula is C17H24N2O2. The second-order valence-corrected chi connectivity index (χ2v) is 5.25. The molecule has 0 fully saturated rings. The van der Waals surface area contributed by atoms with Crippen LogP contribution in [0.1, 0.15) is 25.5 Å². The molecule has 0 aliphatic heterocycles. The molecule has 2 N–H and O–H groups in total. The minimum atomic E-state index is 0.162. The molecular weight excluding hydrogens is 264 g/mol. The van der Waals surface area contributed by atoms with Crippen molar-refractivity contribution in [2.75, 3.05) is 19.8 Å². The lowest BCUT2D eigenvalue weighted by Crippen LogP contribution is -2.36. The smallest absolute Gasteiger partial charge is 0.145 e. The standard InChI is InChI=1S/C17H24N2O2/c1-3-10-18-15(9-11-20)12-21-16-6-4-5-14-8-7-13(2)19-17(14)16/h4-8,15,18,20H,3,9-12H2,1-2H3. The average molecular weight is 288 g/mol. The summed E-state index contributed by atoms with van der Waals surface area (Å²) in [7, 11) is 0. The van der Waals surface area contributed by atoms with E-state index in [4.69, 9.17) is 9.84 Å². The van der Waals surface area contributed by atoms with Gasteiger partial charge in [-0.3, -0.25) is 0 Å². The third-order valence-electron chi connectivity index (χ3n) is 3.42. The molecule has 4 nitrogen and oxygen atoms in total. The molecule has 2 rings (SSSR count). The lowest BCUT2D eigenvalue weighted by atomic mass is 10.2. The third-order valence-corrected chi connectivity index (χ3v) is 3.42. The molecule has 1 aromatic carbocycles. The van der Waals surface area contributed by atoms with Gasteiger partial charge in [-0.2, -0.15) is 0 Å². The molecule has 0 radical (unpaired) electrons. The van der Waals surface area contributed by atoms with Gasteiger partial charge in [0.15, 0.2) is 0 Å². The first-order chi connectivity index (χ1) is 10.2. The van der Waals surface area contributed by atoms with E-state index in [1.807, 2.05) is 31.2 Å². The Labute approximate surface area is 126 Å². The number of pyridine rings is 1. The number of benzene rings is 1. The van der Waals surface area contributed by atoms with Crippen LogP contribution in [0.4, 0.5) is 0 Å². The van der Waals surface area contributed by atoms with E-state index in [9.17, 15) is 0 Å². The maximum atomic E-state index is 9.13. The van der Waals surface area contributed by atoms with Gasteiger partial charge in [0.25, 0.3) is 0 Å². The second kappa shape index (κ2) is 7.96. The summed E-state index contributed by atoms with van der Waals surface area (Å²) in [6.45, 7) is 5.74. The number of nitrogens with zero attached hydrogens (tertiary/aromatic N) is 1. The number of hydrogen-bond donors (Lipinski definition) is 2.